The smallest absolute Gasteiger partial charge is 0.287 e. The summed E-state index contributed by atoms with van der Waals surface area (Å²) in [7, 11) is 0. The number of hydrogen-bond donors (Lipinski definition) is 2. The van der Waals surface area contributed by atoms with E-state index in [4.69, 9.17) is 4.42 Å². The van der Waals surface area contributed by atoms with Crippen molar-refractivity contribution in [1.29, 1.82) is 0 Å². The van der Waals surface area contributed by atoms with Crippen molar-refractivity contribution in [3.8, 4) is 0 Å². The van der Waals surface area contributed by atoms with Crippen LogP contribution in [0.15, 0.2) is 77.7 Å². The maximum Gasteiger partial charge on any atom is 0.287 e. The van der Waals surface area contributed by atoms with Crippen molar-refractivity contribution in [3.05, 3.63) is 90.1 Å². The zero-order valence-electron chi connectivity index (χ0n) is 16.5. The maximum atomic E-state index is 12.3. The Kier molecular flexibility index (Phi) is 5.61. The van der Waals surface area contributed by atoms with Crippen molar-refractivity contribution in [3.63, 3.8) is 0 Å². The third-order valence-electron chi connectivity index (χ3n) is 4.86. The lowest BCUT2D eigenvalue weighted by Gasteiger charge is -2.13. The third kappa shape index (κ3) is 4.41. The van der Waals surface area contributed by atoms with Gasteiger partial charge in [-0.15, -0.1) is 0 Å². The fourth-order valence-corrected chi connectivity index (χ4v) is 3.18. The SMILES string of the molecule is CC(NC(=O)c1ccco1)C(=O)NCc1ccc(Cn2cnc3ccccc32)cc1. The topological polar surface area (TPSA) is 89.2 Å². The number of aromatic nitrogens is 2. The van der Waals surface area contributed by atoms with Crippen LogP contribution in [0.5, 0.6) is 0 Å². The highest BCUT2D eigenvalue weighted by Gasteiger charge is 2.17. The predicted octanol–water partition coefficient (Wildman–Crippen LogP) is 3.11. The minimum absolute atomic E-state index is 0.177. The van der Waals surface area contributed by atoms with Gasteiger partial charge in [0.2, 0.25) is 5.91 Å². The van der Waals surface area contributed by atoms with Crippen LogP contribution in [0.2, 0.25) is 0 Å². The fourth-order valence-electron chi connectivity index (χ4n) is 3.18. The molecule has 1 atom stereocenters. The van der Waals surface area contributed by atoms with Crippen molar-refractivity contribution in [2.24, 2.45) is 0 Å². The summed E-state index contributed by atoms with van der Waals surface area (Å²) < 4.78 is 7.13. The molecule has 2 aromatic carbocycles. The average Bonchev–Trinajstić information content (AvgIpc) is 3.44. The number of nitrogens with one attached hydrogen (secondary N) is 2. The van der Waals surface area contributed by atoms with Gasteiger partial charge in [0.25, 0.3) is 5.91 Å². The van der Waals surface area contributed by atoms with Gasteiger partial charge in [-0.25, -0.2) is 4.98 Å². The molecule has 30 heavy (non-hydrogen) atoms. The number of nitrogens with zero attached hydrogens (tertiary/aromatic N) is 2. The second kappa shape index (κ2) is 8.65. The highest BCUT2D eigenvalue weighted by Crippen LogP contribution is 2.14. The third-order valence-corrected chi connectivity index (χ3v) is 4.86. The zero-order valence-corrected chi connectivity index (χ0v) is 16.5. The number of amides is 2. The van der Waals surface area contributed by atoms with Gasteiger partial charge in [0.05, 0.1) is 23.6 Å². The molecule has 1 unspecified atom stereocenters. The average molecular weight is 402 g/mol. The summed E-state index contributed by atoms with van der Waals surface area (Å²) in [4.78, 5) is 28.6. The van der Waals surface area contributed by atoms with Crippen LogP contribution >= 0.6 is 0 Å². The number of imidazole rings is 1. The van der Waals surface area contributed by atoms with Gasteiger partial charge < -0.3 is 19.6 Å². The minimum Gasteiger partial charge on any atom is -0.459 e. The molecule has 2 amide bonds. The first-order chi connectivity index (χ1) is 14.6. The Hall–Kier alpha value is -3.87. The van der Waals surface area contributed by atoms with E-state index in [2.05, 4.69) is 26.3 Å². The molecule has 2 aromatic heterocycles. The van der Waals surface area contributed by atoms with E-state index in [9.17, 15) is 9.59 Å². The molecule has 0 aliphatic carbocycles. The van der Waals surface area contributed by atoms with E-state index in [1.54, 1.807) is 19.1 Å². The van der Waals surface area contributed by atoms with Crippen LogP contribution in [-0.4, -0.2) is 27.4 Å². The van der Waals surface area contributed by atoms with Crippen LogP contribution in [0.25, 0.3) is 11.0 Å². The molecule has 0 saturated heterocycles. The minimum atomic E-state index is -0.670. The summed E-state index contributed by atoms with van der Waals surface area (Å²) >= 11 is 0. The van der Waals surface area contributed by atoms with E-state index >= 15 is 0 Å². The summed E-state index contributed by atoms with van der Waals surface area (Å²) in [6, 6.07) is 18.6. The van der Waals surface area contributed by atoms with Crippen molar-refractivity contribution in [1.82, 2.24) is 20.2 Å². The number of fused-ring (bicyclic) bond motifs is 1. The second-order valence-corrected chi connectivity index (χ2v) is 7.07. The van der Waals surface area contributed by atoms with Gasteiger partial charge in [0.15, 0.2) is 5.76 Å². The first kappa shape index (κ1) is 19.4. The molecule has 0 aliphatic rings. The predicted molar refractivity (Wildman–Crippen MR) is 113 cm³/mol. The summed E-state index contributed by atoms with van der Waals surface area (Å²) in [5.74, 6) is -0.501. The summed E-state index contributed by atoms with van der Waals surface area (Å²) in [5, 5.41) is 5.45. The van der Waals surface area contributed by atoms with Gasteiger partial charge in [0, 0.05) is 13.1 Å². The first-order valence-electron chi connectivity index (χ1n) is 9.70. The molecule has 0 saturated carbocycles. The standard InChI is InChI=1S/C23H22N4O3/c1-16(26-23(29)21-7-4-12-30-21)22(28)24-13-17-8-10-18(11-9-17)14-27-15-25-19-5-2-3-6-20(19)27/h2-12,15-16H,13-14H2,1H3,(H,24,28)(H,26,29). The van der Waals surface area contributed by atoms with Crippen LogP contribution in [0.1, 0.15) is 28.6 Å². The Morgan fingerprint density at radius 1 is 1.03 bits per heavy atom. The van der Waals surface area contributed by atoms with Gasteiger partial charge in [0.1, 0.15) is 6.04 Å². The highest BCUT2D eigenvalue weighted by atomic mass is 16.3. The molecule has 2 N–H and O–H groups in total. The van der Waals surface area contributed by atoms with Gasteiger partial charge in [-0.3, -0.25) is 9.59 Å². The van der Waals surface area contributed by atoms with Crippen LogP contribution in [-0.2, 0) is 17.9 Å². The molecule has 0 bridgehead atoms. The number of furan rings is 1. The van der Waals surface area contributed by atoms with E-state index in [1.165, 1.54) is 6.26 Å². The van der Waals surface area contributed by atoms with Gasteiger partial charge in [-0.05, 0) is 42.3 Å². The quantitative estimate of drug-likeness (QED) is 0.497. The van der Waals surface area contributed by atoms with Crippen molar-refractivity contribution in [2.45, 2.75) is 26.1 Å². The molecular formula is C23H22N4O3. The Labute approximate surface area is 173 Å². The maximum absolute atomic E-state index is 12.3. The number of carbonyl (C=O) groups excluding carboxylic acids is 2. The monoisotopic (exact) mass is 402 g/mol. The Morgan fingerprint density at radius 3 is 2.57 bits per heavy atom. The fraction of sp³-hybridized carbons (Fsp3) is 0.174. The number of rotatable bonds is 7. The van der Waals surface area contributed by atoms with E-state index < -0.39 is 11.9 Å². The largest absolute Gasteiger partial charge is 0.459 e. The molecule has 0 radical (unpaired) electrons. The first-order valence-corrected chi connectivity index (χ1v) is 9.70. The Bertz CT molecular complexity index is 1150. The zero-order chi connectivity index (χ0) is 20.9. The Morgan fingerprint density at radius 2 is 1.80 bits per heavy atom. The van der Waals surface area contributed by atoms with Gasteiger partial charge >= 0.3 is 0 Å². The van der Waals surface area contributed by atoms with Crippen LogP contribution < -0.4 is 10.6 Å². The molecule has 0 aliphatic heterocycles. The molecular weight excluding hydrogens is 380 g/mol. The molecule has 7 nitrogen and oxygen atoms in total. The highest BCUT2D eigenvalue weighted by molar-refractivity contribution is 5.95. The normalized spacial score (nSPS) is 11.9. The summed E-state index contributed by atoms with van der Waals surface area (Å²) in [6.07, 6.45) is 3.26. The number of para-hydroxylation sites is 2. The van der Waals surface area contributed by atoms with E-state index in [0.29, 0.717) is 6.54 Å². The summed E-state index contributed by atoms with van der Waals surface area (Å²) in [6.45, 7) is 2.74. The molecule has 0 fully saturated rings. The van der Waals surface area contributed by atoms with Crippen LogP contribution in [0.3, 0.4) is 0 Å². The molecule has 152 valence electrons. The molecule has 4 rings (SSSR count). The number of hydrogen-bond acceptors (Lipinski definition) is 4. The van der Waals surface area contributed by atoms with Crippen molar-refractivity contribution >= 4 is 22.8 Å². The molecule has 7 heteroatoms. The van der Waals surface area contributed by atoms with E-state index in [1.807, 2.05) is 48.8 Å². The lowest BCUT2D eigenvalue weighted by Crippen LogP contribution is -2.44. The number of benzene rings is 2. The Balaban J connectivity index is 1.30. The molecule has 0 spiro atoms. The van der Waals surface area contributed by atoms with Crippen LogP contribution in [0, 0.1) is 0 Å². The number of carbonyl (C=O) groups is 2. The molecule has 2 heterocycles. The van der Waals surface area contributed by atoms with Gasteiger partial charge in [-0.2, -0.15) is 0 Å². The van der Waals surface area contributed by atoms with E-state index in [0.717, 1.165) is 28.7 Å². The summed E-state index contributed by atoms with van der Waals surface area (Å²) in [5.41, 5.74) is 4.20. The van der Waals surface area contributed by atoms with Crippen LogP contribution in [0.4, 0.5) is 0 Å². The van der Waals surface area contributed by atoms with Gasteiger partial charge in [-0.1, -0.05) is 36.4 Å². The lowest BCUT2D eigenvalue weighted by molar-refractivity contribution is -0.122. The van der Waals surface area contributed by atoms with E-state index in [-0.39, 0.29) is 11.7 Å². The second-order valence-electron chi connectivity index (χ2n) is 7.07. The van der Waals surface area contributed by atoms with Crippen molar-refractivity contribution < 1.29 is 14.0 Å². The molecule has 4 aromatic rings. The lowest BCUT2D eigenvalue weighted by atomic mass is 10.1. The van der Waals surface area contributed by atoms with Crippen molar-refractivity contribution in [2.75, 3.05) is 0 Å².